The largest absolute Gasteiger partial charge is 0.459 e. The normalized spacial score (nSPS) is 15.2. The second-order valence-electron chi connectivity index (χ2n) is 13.9. The van der Waals surface area contributed by atoms with Gasteiger partial charge in [-0.3, -0.25) is 14.7 Å². The summed E-state index contributed by atoms with van der Waals surface area (Å²) in [6, 6.07) is 54.3. The molecule has 0 radical (unpaired) electrons. The van der Waals surface area contributed by atoms with E-state index in [1.165, 1.54) is 0 Å². The van der Waals surface area contributed by atoms with E-state index in [1.54, 1.807) is 0 Å². The second kappa shape index (κ2) is 19.5. The van der Waals surface area contributed by atoms with Crippen molar-refractivity contribution in [3.63, 3.8) is 0 Å². The van der Waals surface area contributed by atoms with Crippen molar-refractivity contribution in [2.45, 2.75) is 37.9 Å². The van der Waals surface area contributed by atoms with Crippen LogP contribution in [0, 0.1) is 0 Å². The minimum absolute atomic E-state index is 0.0845. The van der Waals surface area contributed by atoms with E-state index in [-0.39, 0.29) is 39.8 Å². The molecule has 1 aliphatic rings. The third-order valence-electron chi connectivity index (χ3n) is 9.87. The Kier molecular flexibility index (Phi) is 13.3. The van der Waals surface area contributed by atoms with Crippen LogP contribution >= 0.6 is 0 Å². The summed E-state index contributed by atoms with van der Waals surface area (Å²) in [4.78, 5) is 49.1. The minimum Gasteiger partial charge on any atom is -0.459 e. The maximum absolute atomic E-state index is 14.4. The molecule has 7 rings (SSSR count). The number of ether oxygens (including phenoxy) is 3. The summed E-state index contributed by atoms with van der Waals surface area (Å²) >= 11 is 0. The lowest BCUT2D eigenvalue weighted by atomic mass is 10.0. The molecule has 6 aromatic rings. The van der Waals surface area contributed by atoms with Crippen molar-refractivity contribution in [2.75, 3.05) is 20.0 Å². The van der Waals surface area contributed by atoms with Gasteiger partial charge in [-0.25, -0.2) is 14.4 Å². The SMILES string of the molecule is O=C(OCc1ccccc1)[C@@H](c1ccccc1)N1CN([C@@H](C(=O)OCc2ccccc2)c2ccccc2)CN([C@@H](C(=O)OCc2ccccc2)c2ccccc2)C1. The quantitative estimate of drug-likeness (QED) is 0.0759. The monoisotopic (exact) mass is 759 g/mol. The van der Waals surface area contributed by atoms with Gasteiger partial charge in [0.25, 0.3) is 0 Å². The molecule has 1 heterocycles. The number of carbonyl (C=O) groups excluding carboxylic acids is 3. The maximum Gasteiger partial charge on any atom is 0.328 e. The van der Waals surface area contributed by atoms with E-state index >= 15 is 0 Å². The molecule has 9 nitrogen and oxygen atoms in total. The molecule has 0 unspecified atom stereocenters. The molecule has 6 aromatic carbocycles. The Bertz CT molecular complexity index is 1900. The molecule has 0 N–H and O–H groups in total. The van der Waals surface area contributed by atoms with Gasteiger partial charge in [0.2, 0.25) is 0 Å². The van der Waals surface area contributed by atoms with Gasteiger partial charge in [-0.2, -0.15) is 0 Å². The summed E-state index contributed by atoms with van der Waals surface area (Å²) in [5.74, 6) is -1.38. The summed E-state index contributed by atoms with van der Waals surface area (Å²) in [5, 5.41) is 0. The number of hydrogen-bond donors (Lipinski definition) is 0. The van der Waals surface area contributed by atoms with Crippen LogP contribution in [0.25, 0.3) is 0 Å². The number of nitrogens with zero attached hydrogens (tertiary/aromatic N) is 3. The zero-order chi connectivity index (χ0) is 39.2. The average molecular weight is 760 g/mol. The summed E-state index contributed by atoms with van der Waals surface area (Å²) in [5.41, 5.74) is 4.70. The lowest BCUT2D eigenvalue weighted by Crippen LogP contribution is -2.60. The topological polar surface area (TPSA) is 88.6 Å². The number of hydrogen-bond acceptors (Lipinski definition) is 9. The standard InChI is InChI=1S/C48H45N3O6/c52-46(55-31-37-19-7-1-8-20-37)43(40-25-13-4-14-26-40)49-34-50(44(41-27-15-5-16-28-41)47(53)56-32-38-21-9-2-10-22-38)36-51(35-49)45(42-29-17-6-18-30-42)48(54)57-33-39-23-11-3-12-24-39/h1-30,43-45H,31-36H2/t43-,44-,45-/m1/s1. The Hall–Kier alpha value is -6.39. The molecular weight excluding hydrogens is 715 g/mol. The number of benzene rings is 6. The first-order chi connectivity index (χ1) is 28.0. The van der Waals surface area contributed by atoms with E-state index in [0.717, 1.165) is 16.7 Å². The maximum atomic E-state index is 14.4. The highest BCUT2D eigenvalue weighted by Crippen LogP contribution is 2.35. The van der Waals surface area contributed by atoms with Crippen molar-refractivity contribution >= 4 is 17.9 Å². The molecule has 9 heteroatoms. The Morgan fingerprint density at radius 2 is 0.561 bits per heavy atom. The van der Waals surface area contributed by atoms with E-state index in [9.17, 15) is 14.4 Å². The molecule has 57 heavy (non-hydrogen) atoms. The zero-order valence-electron chi connectivity index (χ0n) is 31.6. The predicted octanol–water partition coefficient (Wildman–Crippen LogP) is 8.23. The van der Waals surface area contributed by atoms with E-state index in [1.807, 2.05) is 197 Å². The van der Waals surface area contributed by atoms with Crippen LogP contribution in [0.15, 0.2) is 182 Å². The fraction of sp³-hybridized carbons (Fsp3) is 0.188. The zero-order valence-corrected chi connectivity index (χ0v) is 31.6. The summed E-state index contributed by atoms with van der Waals surface area (Å²) < 4.78 is 18.1. The minimum atomic E-state index is -0.895. The van der Waals surface area contributed by atoms with Gasteiger partial charge in [-0.05, 0) is 33.4 Å². The molecule has 0 aromatic heterocycles. The molecule has 1 fully saturated rings. The van der Waals surface area contributed by atoms with Crippen molar-refractivity contribution in [2.24, 2.45) is 0 Å². The summed E-state index contributed by atoms with van der Waals surface area (Å²) in [6.45, 7) is 0.745. The third-order valence-corrected chi connectivity index (χ3v) is 9.87. The highest BCUT2D eigenvalue weighted by Gasteiger charge is 2.43. The van der Waals surface area contributed by atoms with Crippen LogP contribution in [0.4, 0.5) is 0 Å². The van der Waals surface area contributed by atoms with Crippen LogP contribution < -0.4 is 0 Å². The number of carbonyl (C=O) groups is 3. The highest BCUT2D eigenvalue weighted by molar-refractivity contribution is 5.80. The smallest absolute Gasteiger partial charge is 0.328 e. The molecule has 0 spiro atoms. The fourth-order valence-corrected chi connectivity index (χ4v) is 7.14. The molecule has 0 amide bonds. The van der Waals surface area contributed by atoms with Crippen LogP contribution in [-0.2, 0) is 48.4 Å². The number of rotatable bonds is 15. The Morgan fingerprint density at radius 1 is 0.351 bits per heavy atom. The lowest BCUT2D eigenvalue weighted by Gasteiger charge is -2.48. The molecule has 0 aliphatic carbocycles. The van der Waals surface area contributed by atoms with Crippen LogP contribution in [0.2, 0.25) is 0 Å². The molecule has 1 aliphatic heterocycles. The van der Waals surface area contributed by atoms with Gasteiger partial charge in [0, 0.05) is 0 Å². The van der Waals surface area contributed by atoms with Gasteiger partial charge >= 0.3 is 17.9 Å². The van der Waals surface area contributed by atoms with E-state index in [2.05, 4.69) is 0 Å². The van der Waals surface area contributed by atoms with Crippen molar-refractivity contribution in [3.05, 3.63) is 215 Å². The first kappa shape index (κ1) is 38.9. The van der Waals surface area contributed by atoms with Gasteiger partial charge in [0.05, 0.1) is 20.0 Å². The second-order valence-corrected chi connectivity index (χ2v) is 13.9. The number of esters is 3. The van der Waals surface area contributed by atoms with Crippen molar-refractivity contribution in [3.8, 4) is 0 Å². The van der Waals surface area contributed by atoms with Crippen molar-refractivity contribution in [1.82, 2.24) is 14.7 Å². The van der Waals surface area contributed by atoms with Gasteiger partial charge < -0.3 is 14.2 Å². The lowest BCUT2D eigenvalue weighted by molar-refractivity contribution is -0.172. The molecular formula is C48H45N3O6. The van der Waals surface area contributed by atoms with Gasteiger partial charge in [-0.1, -0.05) is 182 Å². The summed E-state index contributed by atoms with van der Waals surface area (Å²) in [6.07, 6.45) is 0. The average Bonchev–Trinajstić information content (AvgIpc) is 3.27. The van der Waals surface area contributed by atoms with Crippen LogP contribution in [0.5, 0.6) is 0 Å². The van der Waals surface area contributed by atoms with Crippen molar-refractivity contribution < 1.29 is 28.6 Å². The van der Waals surface area contributed by atoms with Crippen LogP contribution in [0.1, 0.15) is 51.5 Å². The fourth-order valence-electron chi connectivity index (χ4n) is 7.14. The Balaban J connectivity index is 1.28. The van der Waals surface area contributed by atoms with Gasteiger partial charge in [0.15, 0.2) is 0 Å². The summed E-state index contributed by atoms with van der Waals surface area (Å²) in [7, 11) is 0. The van der Waals surface area contributed by atoms with Crippen LogP contribution in [0.3, 0.4) is 0 Å². The van der Waals surface area contributed by atoms with Crippen molar-refractivity contribution in [1.29, 1.82) is 0 Å². The Labute approximate surface area is 333 Å². The van der Waals surface area contributed by atoms with E-state index < -0.39 is 36.0 Å². The first-order valence-corrected chi connectivity index (χ1v) is 19.0. The molecule has 0 bridgehead atoms. The Morgan fingerprint density at radius 3 is 0.789 bits per heavy atom. The molecule has 0 saturated carbocycles. The van der Waals surface area contributed by atoms with Gasteiger partial charge in [0.1, 0.15) is 37.9 Å². The van der Waals surface area contributed by atoms with Gasteiger partial charge in [-0.15, -0.1) is 0 Å². The highest BCUT2D eigenvalue weighted by atomic mass is 16.5. The molecule has 288 valence electrons. The third kappa shape index (κ3) is 10.3. The van der Waals surface area contributed by atoms with E-state index in [0.29, 0.717) is 16.7 Å². The predicted molar refractivity (Wildman–Crippen MR) is 216 cm³/mol. The molecule has 3 atom stereocenters. The van der Waals surface area contributed by atoms with E-state index in [4.69, 9.17) is 14.2 Å². The van der Waals surface area contributed by atoms with Crippen LogP contribution in [-0.4, -0.2) is 52.6 Å². The first-order valence-electron chi connectivity index (χ1n) is 19.0. The molecule has 1 saturated heterocycles.